The van der Waals surface area contributed by atoms with Crippen LogP contribution >= 0.6 is 0 Å². The normalized spacial score (nSPS) is 22.2. The van der Waals surface area contributed by atoms with E-state index in [0.717, 1.165) is 18.9 Å². The lowest BCUT2D eigenvalue weighted by Gasteiger charge is -2.40. The number of aromatic hydroxyl groups is 1. The van der Waals surface area contributed by atoms with Crippen LogP contribution in [0.5, 0.6) is 5.75 Å². The number of hydrogen-bond acceptors (Lipinski definition) is 4. The summed E-state index contributed by atoms with van der Waals surface area (Å²) in [7, 11) is 2.05. The standard InChI is InChI=1S/C22H37N3O/c1-23-17-21(16-19-8-10-22(26)11-9-19)25-14-12-24(13-15-25)18-20-6-4-2-3-5-7-20/h8-11,20-21,23,26H,2-7,12-18H2,1H3/t21-/m0/s1. The Bertz CT molecular complexity index is 503. The van der Waals surface area contributed by atoms with Crippen molar-refractivity contribution >= 4 is 0 Å². The van der Waals surface area contributed by atoms with Crippen LogP contribution in [-0.2, 0) is 6.42 Å². The summed E-state index contributed by atoms with van der Waals surface area (Å²) in [6, 6.07) is 8.25. The fraction of sp³-hybridized carbons (Fsp3) is 0.727. The fourth-order valence-electron chi connectivity index (χ4n) is 4.69. The predicted molar refractivity (Wildman–Crippen MR) is 109 cm³/mol. The van der Waals surface area contributed by atoms with Crippen molar-refractivity contribution in [1.82, 2.24) is 15.1 Å². The number of phenolic OH excluding ortho intramolecular Hbond substituents is 1. The molecule has 4 heteroatoms. The molecule has 0 spiro atoms. The highest BCUT2D eigenvalue weighted by atomic mass is 16.3. The van der Waals surface area contributed by atoms with Crippen LogP contribution in [0.15, 0.2) is 24.3 Å². The van der Waals surface area contributed by atoms with E-state index in [1.54, 1.807) is 12.1 Å². The minimum Gasteiger partial charge on any atom is -0.508 e. The van der Waals surface area contributed by atoms with Crippen LogP contribution in [0.3, 0.4) is 0 Å². The molecular formula is C22H37N3O. The number of nitrogens with one attached hydrogen (secondary N) is 1. The Morgan fingerprint density at radius 2 is 1.65 bits per heavy atom. The van der Waals surface area contributed by atoms with E-state index in [1.807, 2.05) is 7.05 Å². The molecule has 1 aromatic carbocycles. The Hall–Kier alpha value is -1.10. The van der Waals surface area contributed by atoms with Gasteiger partial charge in [0, 0.05) is 45.3 Å². The topological polar surface area (TPSA) is 38.7 Å². The van der Waals surface area contributed by atoms with Gasteiger partial charge in [0.15, 0.2) is 0 Å². The van der Waals surface area contributed by atoms with Crippen molar-refractivity contribution in [2.75, 3.05) is 46.3 Å². The SMILES string of the molecule is CNC[C@H](Cc1ccc(O)cc1)N1CCN(CC2CCCCCC2)CC1. The summed E-state index contributed by atoms with van der Waals surface area (Å²) in [4.78, 5) is 5.37. The van der Waals surface area contributed by atoms with Crippen LogP contribution in [-0.4, -0.2) is 67.3 Å². The van der Waals surface area contributed by atoms with Crippen molar-refractivity contribution in [1.29, 1.82) is 0 Å². The zero-order valence-electron chi connectivity index (χ0n) is 16.5. The predicted octanol–water partition coefficient (Wildman–Crippen LogP) is 3.11. The third kappa shape index (κ3) is 5.97. The Kier molecular flexibility index (Phi) is 7.78. The molecule has 0 radical (unpaired) electrons. The smallest absolute Gasteiger partial charge is 0.115 e. The lowest BCUT2D eigenvalue weighted by molar-refractivity contribution is 0.0837. The van der Waals surface area contributed by atoms with Gasteiger partial charge in [0.25, 0.3) is 0 Å². The molecular weight excluding hydrogens is 322 g/mol. The first-order chi connectivity index (χ1) is 12.7. The Balaban J connectivity index is 1.48. The van der Waals surface area contributed by atoms with Gasteiger partial charge in [-0.25, -0.2) is 0 Å². The molecule has 1 heterocycles. The number of benzene rings is 1. The van der Waals surface area contributed by atoms with Crippen LogP contribution in [0.2, 0.25) is 0 Å². The van der Waals surface area contributed by atoms with Gasteiger partial charge in [0.2, 0.25) is 0 Å². The molecule has 0 amide bonds. The summed E-state index contributed by atoms with van der Waals surface area (Å²) in [5.41, 5.74) is 1.31. The molecule has 1 saturated heterocycles. The zero-order valence-corrected chi connectivity index (χ0v) is 16.5. The Morgan fingerprint density at radius 1 is 1.00 bits per heavy atom. The maximum absolute atomic E-state index is 9.50. The highest BCUT2D eigenvalue weighted by Crippen LogP contribution is 2.24. The second kappa shape index (κ2) is 10.3. The monoisotopic (exact) mass is 359 g/mol. The lowest BCUT2D eigenvalue weighted by atomic mass is 9.99. The summed E-state index contributed by atoms with van der Waals surface area (Å²) in [5.74, 6) is 1.29. The molecule has 1 aliphatic carbocycles. The van der Waals surface area contributed by atoms with Gasteiger partial charge in [-0.2, -0.15) is 0 Å². The highest BCUT2D eigenvalue weighted by Gasteiger charge is 2.25. The number of rotatable bonds is 7. The van der Waals surface area contributed by atoms with Crippen molar-refractivity contribution in [3.63, 3.8) is 0 Å². The number of likely N-dealkylation sites (N-methyl/N-ethyl adjacent to an activating group) is 1. The molecule has 0 unspecified atom stereocenters. The molecule has 2 aliphatic rings. The molecule has 146 valence electrons. The van der Waals surface area contributed by atoms with Crippen molar-refractivity contribution in [3.8, 4) is 5.75 Å². The van der Waals surface area contributed by atoms with Crippen LogP contribution in [0.25, 0.3) is 0 Å². The van der Waals surface area contributed by atoms with Crippen molar-refractivity contribution in [2.45, 2.75) is 51.0 Å². The molecule has 0 bridgehead atoms. The van der Waals surface area contributed by atoms with Gasteiger partial charge in [-0.1, -0.05) is 37.8 Å². The summed E-state index contributed by atoms with van der Waals surface area (Å²) in [6.45, 7) is 7.12. The summed E-state index contributed by atoms with van der Waals surface area (Å²) < 4.78 is 0. The van der Waals surface area contributed by atoms with Crippen molar-refractivity contribution in [3.05, 3.63) is 29.8 Å². The quantitative estimate of drug-likeness (QED) is 0.734. The second-order valence-electron chi connectivity index (χ2n) is 8.28. The first-order valence-electron chi connectivity index (χ1n) is 10.6. The largest absolute Gasteiger partial charge is 0.508 e. The summed E-state index contributed by atoms with van der Waals surface area (Å²) >= 11 is 0. The average molecular weight is 360 g/mol. The minimum absolute atomic E-state index is 0.353. The molecule has 1 saturated carbocycles. The molecule has 3 rings (SSSR count). The number of hydrogen-bond donors (Lipinski definition) is 2. The van der Waals surface area contributed by atoms with E-state index in [-0.39, 0.29) is 0 Å². The van der Waals surface area contributed by atoms with Gasteiger partial charge in [-0.15, -0.1) is 0 Å². The van der Waals surface area contributed by atoms with E-state index in [2.05, 4.69) is 27.2 Å². The van der Waals surface area contributed by atoms with E-state index in [4.69, 9.17) is 0 Å². The van der Waals surface area contributed by atoms with Crippen LogP contribution in [0, 0.1) is 5.92 Å². The van der Waals surface area contributed by atoms with E-state index in [9.17, 15) is 5.11 Å². The molecule has 26 heavy (non-hydrogen) atoms. The second-order valence-corrected chi connectivity index (χ2v) is 8.28. The summed E-state index contributed by atoms with van der Waals surface area (Å²) in [6.07, 6.45) is 9.74. The molecule has 1 aliphatic heterocycles. The van der Waals surface area contributed by atoms with E-state index < -0.39 is 0 Å². The number of phenols is 1. The molecule has 2 fully saturated rings. The van der Waals surface area contributed by atoms with Crippen LogP contribution in [0.4, 0.5) is 0 Å². The minimum atomic E-state index is 0.353. The molecule has 1 aromatic rings. The third-order valence-corrected chi connectivity index (χ3v) is 6.26. The van der Waals surface area contributed by atoms with Crippen LogP contribution in [0.1, 0.15) is 44.1 Å². The first-order valence-corrected chi connectivity index (χ1v) is 10.6. The van der Waals surface area contributed by atoms with E-state index in [1.165, 1.54) is 76.8 Å². The molecule has 2 N–H and O–H groups in total. The lowest BCUT2D eigenvalue weighted by Crippen LogP contribution is -2.53. The molecule has 1 atom stereocenters. The van der Waals surface area contributed by atoms with Crippen molar-refractivity contribution in [2.24, 2.45) is 5.92 Å². The third-order valence-electron chi connectivity index (χ3n) is 6.26. The van der Waals surface area contributed by atoms with Gasteiger partial charge in [0.05, 0.1) is 0 Å². The van der Waals surface area contributed by atoms with Gasteiger partial charge in [0.1, 0.15) is 5.75 Å². The van der Waals surface area contributed by atoms with Gasteiger partial charge >= 0.3 is 0 Å². The van der Waals surface area contributed by atoms with E-state index >= 15 is 0 Å². The van der Waals surface area contributed by atoms with Crippen LogP contribution < -0.4 is 5.32 Å². The Labute approximate surface area is 159 Å². The van der Waals surface area contributed by atoms with Gasteiger partial charge in [-0.3, -0.25) is 4.90 Å². The Morgan fingerprint density at radius 3 is 2.27 bits per heavy atom. The average Bonchev–Trinajstić information content (AvgIpc) is 2.92. The van der Waals surface area contributed by atoms with Gasteiger partial charge in [-0.05, 0) is 49.9 Å². The maximum Gasteiger partial charge on any atom is 0.115 e. The van der Waals surface area contributed by atoms with E-state index in [0.29, 0.717) is 11.8 Å². The maximum atomic E-state index is 9.50. The molecule has 0 aromatic heterocycles. The zero-order chi connectivity index (χ0) is 18.2. The first kappa shape index (κ1) is 19.7. The number of piperazine rings is 1. The fourth-order valence-corrected chi connectivity index (χ4v) is 4.69. The summed E-state index contributed by atoms with van der Waals surface area (Å²) in [5, 5.41) is 12.9. The highest BCUT2D eigenvalue weighted by molar-refractivity contribution is 5.26. The van der Waals surface area contributed by atoms with Gasteiger partial charge < -0.3 is 15.3 Å². The van der Waals surface area contributed by atoms with Crippen molar-refractivity contribution < 1.29 is 5.11 Å². The number of nitrogens with zero attached hydrogens (tertiary/aromatic N) is 2. The molecule has 4 nitrogen and oxygen atoms in total.